The molecule has 0 amide bonds. The Kier molecular flexibility index (Phi) is 3.29. The Hall–Kier alpha value is -2.50. The Morgan fingerprint density at radius 3 is 2.95 bits per heavy atom. The monoisotopic (exact) mass is 286 g/mol. The molecule has 0 radical (unpaired) electrons. The number of rotatable bonds is 4. The number of hydrogen-bond donors (Lipinski definition) is 0. The van der Waals surface area contributed by atoms with Crippen molar-refractivity contribution in [1.82, 2.24) is 4.98 Å². The summed E-state index contributed by atoms with van der Waals surface area (Å²) in [5.74, 6) is -1.08. The highest BCUT2D eigenvalue weighted by atomic mass is 16.6. The van der Waals surface area contributed by atoms with Crippen molar-refractivity contribution < 1.29 is 14.5 Å². The number of para-hydroxylation sites is 1. The average Bonchev–Trinajstić information content (AvgIpc) is 3.25. The molecule has 0 unspecified atom stereocenters. The zero-order chi connectivity index (χ0) is 15.0. The van der Waals surface area contributed by atoms with Crippen LogP contribution >= 0.6 is 0 Å². The van der Waals surface area contributed by atoms with Crippen molar-refractivity contribution >= 4 is 16.9 Å². The number of carbonyl (C=O) groups is 1. The van der Waals surface area contributed by atoms with E-state index in [1.807, 2.05) is 37.3 Å². The first-order valence-electron chi connectivity index (χ1n) is 6.71. The van der Waals surface area contributed by atoms with Gasteiger partial charge in [-0.05, 0) is 19.1 Å². The maximum absolute atomic E-state index is 11.8. The molecule has 0 spiro atoms. The number of pyridine rings is 1. The molecule has 1 aliphatic carbocycles. The minimum Gasteiger partial charge on any atom is -0.460 e. The Bertz CT molecular complexity index is 729. The highest BCUT2D eigenvalue weighted by Crippen LogP contribution is 2.34. The fraction of sp³-hybridized carbons (Fsp3) is 0.333. The van der Waals surface area contributed by atoms with Gasteiger partial charge < -0.3 is 4.74 Å². The van der Waals surface area contributed by atoms with E-state index in [0.29, 0.717) is 0 Å². The normalized spacial score (nSPS) is 20.2. The van der Waals surface area contributed by atoms with Gasteiger partial charge in [-0.3, -0.25) is 19.9 Å². The molecule has 6 nitrogen and oxygen atoms in total. The van der Waals surface area contributed by atoms with Gasteiger partial charge in [-0.25, -0.2) is 0 Å². The third-order valence-corrected chi connectivity index (χ3v) is 3.63. The fourth-order valence-corrected chi connectivity index (χ4v) is 2.44. The van der Waals surface area contributed by atoms with Gasteiger partial charge in [-0.1, -0.05) is 18.2 Å². The maximum atomic E-state index is 11.8. The molecule has 6 heteroatoms. The lowest BCUT2D eigenvalue weighted by Gasteiger charge is -2.08. The number of benzene rings is 1. The molecule has 0 bridgehead atoms. The first-order chi connectivity index (χ1) is 10.1. The quantitative estimate of drug-likeness (QED) is 0.489. The minimum absolute atomic E-state index is 0.115. The van der Waals surface area contributed by atoms with Gasteiger partial charge in [0.25, 0.3) is 0 Å². The molecule has 0 N–H and O–H groups in total. The Balaban J connectivity index is 1.74. The van der Waals surface area contributed by atoms with E-state index in [1.165, 1.54) is 0 Å². The fourth-order valence-electron chi connectivity index (χ4n) is 2.44. The predicted molar refractivity (Wildman–Crippen MR) is 75.2 cm³/mol. The van der Waals surface area contributed by atoms with Gasteiger partial charge >= 0.3 is 5.97 Å². The number of esters is 1. The maximum Gasteiger partial charge on any atom is 0.316 e. The zero-order valence-electron chi connectivity index (χ0n) is 11.5. The highest BCUT2D eigenvalue weighted by Gasteiger charge is 2.54. The van der Waals surface area contributed by atoms with Gasteiger partial charge in [0.1, 0.15) is 12.5 Å². The van der Waals surface area contributed by atoms with Crippen molar-refractivity contribution in [3.8, 4) is 0 Å². The van der Waals surface area contributed by atoms with E-state index in [-0.39, 0.29) is 13.0 Å². The van der Waals surface area contributed by atoms with Gasteiger partial charge in [0.15, 0.2) is 0 Å². The second kappa shape index (κ2) is 5.12. The van der Waals surface area contributed by atoms with Crippen molar-refractivity contribution in [3.63, 3.8) is 0 Å². The molecule has 21 heavy (non-hydrogen) atoms. The van der Waals surface area contributed by atoms with Crippen LogP contribution in [-0.4, -0.2) is 21.9 Å². The molecule has 1 fully saturated rings. The number of ether oxygens (including phenoxy) is 1. The van der Waals surface area contributed by atoms with Crippen LogP contribution in [0.1, 0.15) is 17.7 Å². The molecule has 0 saturated heterocycles. The third-order valence-electron chi connectivity index (χ3n) is 3.63. The number of aromatic nitrogens is 1. The van der Waals surface area contributed by atoms with Crippen LogP contribution in [0.3, 0.4) is 0 Å². The first-order valence-corrected chi connectivity index (χ1v) is 6.71. The molecule has 0 aliphatic heterocycles. The SMILES string of the molecule is Cc1cc(COC(=O)[C@@H]2C[C@H]2[N+](=O)[O-])c2ccccc2n1. The molecule has 108 valence electrons. The molecular formula is C15H14N2O4. The molecule has 1 saturated carbocycles. The van der Waals surface area contributed by atoms with Crippen molar-refractivity contribution in [2.24, 2.45) is 5.92 Å². The van der Waals surface area contributed by atoms with Crippen molar-refractivity contribution in [1.29, 1.82) is 0 Å². The lowest BCUT2D eigenvalue weighted by molar-refractivity contribution is -0.497. The molecule has 2 aromatic rings. The van der Waals surface area contributed by atoms with E-state index in [9.17, 15) is 14.9 Å². The van der Waals surface area contributed by atoms with E-state index in [0.717, 1.165) is 22.2 Å². The second-order valence-electron chi connectivity index (χ2n) is 5.24. The summed E-state index contributed by atoms with van der Waals surface area (Å²) in [6.45, 7) is 1.99. The van der Waals surface area contributed by atoms with Crippen molar-refractivity contribution in [2.45, 2.75) is 26.0 Å². The van der Waals surface area contributed by atoms with Gasteiger partial charge in [-0.2, -0.15) is 0 Å². The number of carbonyl (C=O) groups excluding carboxylic acids is 1. The summed E-state index contributed by atoms with van der Waals surface area (Å²) < 4.78 is 5.22. The number of hydrogen-bond acceptors (Lipinski definition) is 5. The van der Waals surface area contributed by atoms with Crippen molar-refractivity contribution in [3.05, 3.63) is 51.7 Å². The smallest absolute Gasteiger partial charge is 0.316 e. The van der Waals surface area contributed by atoms with E-state index in [1.54, 1.807) is 0 Å². The third kappa shape index (κ3) is 2.69. The topological polar surface area (TPSA) is 82.3 Å². The average molecular weight is 286 g/mol. The number of aryl methyl sites for hydroxylation is 1. The summed E-state index contributed by atoms with van der Waals surface area (Å²) in [4.78, 5) is 26.3. The first kappa shape index (κ1) is 13.5. The Morgan fingerprint density at radius 1 is 1.48 bits per heavy atom. The molecule has 1 heterocycles. The van der Waals surface area contributed by atoms with Gasteiger partial charge in [0.2, 0.25) is 6.04 Å². The largest absolute Gasteiger partial charge is 0.460 e. The zero-order valence-corrected chi connectivity index (χ0v) is 11.5. The van der Waals surface area contributed by atoms with E-state index >= 15 is 0 Å². The van der Waals surface area contributed by atoms with Gasteiger partial charge in [0.05, 0.1) is 5.52 Å². The van der Waals surface area contributed by atoms with Crippen LogP contribution < -0.4 is 0 Å². The summed E-state index contributed by atoms with van der Waals surface area (Å²) in [6.07, 6.45) is 0.280. The lowest BCUT2D eigenvalue weighted by Crippen LogP contribution is -2.13. The standard InChI is InChI=1S/C15H14N2O4/c1-9-6-10(11-4-2-3-5-13(11)16-9)8-21-15(18)12-7-14(12)17(19)20/h2-6,12,14H,7-8H2,1H3/t12-,14-/m1/s1. The van der Waals surface area contributed by atoms with Gasteiger partial charge in [-0.15, -0.1) is 0 Å². The molecule has 1 aliphatic rings. The summed E-state index contributed by atoms with van der Waals surface area (Å²) in [5, 5.41) is 11.5. The number of fused-ring (bicyclic) bond motifs is 1. The Morgan fingerprint density at radius 2 is 2.24 bits per heavy atom. The summed E-state index contributed by atoms with van der Waals surface area (Å²) in [6, 6.07) is 8.71. The van der Waals surface area contributed by atoms with Crippen LogP contribution in [0.4, 0.5) is 0 Å². The van der Waals surface area contributed by atoms with E-state index in [2.05, 4.69) is 4.98 Å². The molecule has 1 aromatic heterocycles. The van der Waals surface area contributed by atoms with Gasteiger partial charge in [0, 0.05) is 28.0 Å². The van der Waals surface area contributed by atoms with E-state index < -0.39 is 22.9 Å². The number of nitrogens with zero attached hydrogens (tertiary/aromatic N) is 2. The molecule has 1 aromatic carbocycles. The van der Waals surface area contributed by atoms with Crippen LogP contribution in [0.5, 0.6) is 0 Å². The van der Waals surface area contributed by atoms with Crippen LogP contribution in [0.2, 0.25) is 0 Å². The highest BCUT2D eigenvalue weighted by molar-refractivity contribution is 5.82. The Labute approximate surface area is 120 Å². The summed E-state index contributed by atoms with van der Waals surface area (Å²) in [5.41, 5.74) is 2.55. The van der Waals surface area contributed by atoms with Crippen LogP contribution in [0, 0.1) is 23.0 Å². The molecule has 2 atom stereocenters. The van der Waals surface area contributed by atoms with Crippen LogP contribution in [0.25, 0.3) is 10.9 Å². The van der Waals surface area contributed by atoms with Crippen LogP contribution in [0.15, 0.2) is 30.3 Å². The number of nitro groups is 1. The minimum atomic E-state index is -0.770. The van der Waals surface area contributed by atoms with E-state index in [4.69, 9.17) is 4.74 Å². The predicted octanol–water partition coefficient (Wildman–Crippen LogP) is 2.25. The van der Waals surface area contributed by atoms with Crippen LogP contribution in [-0.2, 0) is 16.1 Å². The van der Waals surface area contributed by atoms with Crippen molar-refractivity contribution in [2.75, 3.05) is 0 Å². The summed E-state index contributed by atoms with van der Waals surface area (Å²) >= 11 is 0. The molecular weight excluding hydrogens is 272 g/mol. The summed E-state index contributed by atoms with van der Waals surface area (Å²) in [7, 11) is 0. The lowest BCUT2D eigenvalue weighted by atomic mass is 10.1. The molecule has 3 rings (SSSR count). The second-order valence-corrected chi connectivity index (χ2v) is 5.24.